The quantitative estimate of drug-likeness (QED) is 0.835. The lowest BCUT2D eigenvalue weighted by Crippen LogP contribution is -2.15. The second-order valence-electron chi connectivity index (χ2n) is 3.67. The summed E-state index contributed by atoms with van der Waals surface area (Å²) in [4.78, 5) is 11.4. The summed E-state index contributed by atoms with van der Waals surface area (Å²) in [5.74, 6) is -0.292. The number of halogens is 1. The van der Waals surface area contributed by atoms with Gasteiger partial charge in [-0.2, -0.15) is 5.10 Å². The number of H-pyrrole nitrogens is 1. The average molecular weight is 218 g/mol. The van der Waals surface area contributed by atoms with Crippen LogP contribution >= 0.6 is 0 Å². The minimum absolute atomic E-state index is 0.227. The molecule has 1 aromatic carbocycles. The van der Waals surface area contributed by atoms with Crippen molar-refractivity contribution >= 4 is 0 Å². The maximum Gasteiger partial charge on any atom is 0.267 e. The fraction of sp³-hybridized carbons (Fsp3) is 0.167. The molecule has 2 rings (SSSR count). The van der Waals surface area contributed by atoms with Gasteiger partial charge in [-0.05, 0) is 30.7 Å². The molecule has 2 aromatic rings. The molecule has 0 aliphatic carbocycles. The summed E-state index contributed by atoms with van der Waals surface area (Å²) in [7, 11) is 0. The average Bonchev–Trinajstić information content (AvgIpc) is 2.24. The highest BCUT2D eigenvalue weighted by molar-refractivity contribution is 5.25. The van der Waals surface area contributed by atoms with Crippen molar-refractivity contribution < 1.29 is 4.39 Å². The molecule has 0 saturated carbocycles. The first-order chi connectivity index (χ1) is 7.65. The van der Waals surface area contributed by atoms with Crippen molar-refractivity contribution in [3.8, 4) is 0 Å². The Morgan fingerprint density at radius 1 is 1.38 bits per heavy atom. The molecule has 1 aromatic heterocycles. The Labute approximate surface area is 92.0 Å². The third kappa shape index (κ3) is 2.34. The van der Waals surface area contributed by atoms with Gasteiger partial charge in [0.05, 0.1) is 5.69 Å². The van der Waals surface area contributed by atoms with E-state index in [2.05, 4.69) is 10.2 Å². The zero-order valence-electron chi connectivity index (χ0n) is 8.83. The standard InChI is InChI=1S/C12H11FN2O/c1-8-5-10(12(16)15-14-8)6-9-3-2-4-11(13)7-9/h2-5,7H,6H2,1H3,(H,15,16). The van der Waals surface area contributed by atoms with Crippen LogP contribution in [0.3, 0.4) is 0 Å². The van der Waals surface area contributed by atoms with Gasteiger partial charge in [-0.3, -0.25) is 4.79 Å². The largest absolute Gasteiger partial charge is 0.268 e. The molecular weight excluding hydrogens is 207 g/mol. The number of hydrogen-bond donors (Lipinski definition) is 1. The Balaban J connectivity index is 2.34. The van der Waals surface area contributed by atoms with Gasteiger partial charge in [0.15, 0.2) is 0 Å². The first kappa shape index (κ1) is 10.5. The Hall–Kier alpha value is -1.97. The smallest absolute Gasteiger partial charge is 0.267 e. The van der Waals surface area contributed by atoms with Crippen molar-refractivity contribution in [2.24, 2.45) is 0 Å². The molecule has 0 atom stereocenters. The van der Waals surface area contributed by atoms with Crippen LogP contribution in [0.1, 0.15) is 16.8 Å². The number of aryl methyl sites for hydroxylation is 1. The van der Waals surface area contributed by atoms with Crippen molar-refractivity contribution in [3.63, 3.8) is 0 Å². The Bertz CT molecular complexity index is 563. The number of nitrogens with zero attached hydrogens (tertiary/aromatic N) is 1. The van der Waals surface area contributed by atoms with E-state index in [1.54, 1.807) is 25.1 Å². The van der Waals surface area contributed by atoms with Crippen LogP contribution in [0.2, 0.25) is 0 Å². The van der Waals surface area contributed by atoms with E-state index >= 15 is 0 Å². The lowest BCUT2D eigenvalue weighted by atomic mass is 10.1. The zero-order valence-corrected chi connectivity index (χ0v) is 8.83. The lowest BCUT2D eigenvalue weighted by molar-refractivity contribution is 0.626. The second-order valence-corrected chi connectivity index (χ2v) is 3.67. The Kier molecular flexibility index (Phi) is 2.81. The SMILES string of the molecule is Cc1cc(Cc2cccc(F)c2)c(=O)[nH]n1. The van der Waals surface area contributed by atoms with Crippen molar-refractivity contribution in [2.45, 2.75) is 13.3 Å². The molecule has 82 valence electrons. The summed E-state index contributed by atoms with van der Waals surface area (Å²) in [5.41, 5.74) is 1.88. The van der Waals surface area contributed by atoms with Crippen LogP contribution in [-0.4, -0.2) is 10.2 Å². The minimum Gasteiger partial charge on any atom is -0.268 e. The number of rotatable bonds is 2. The topological polar surface area (TPSA) is 45.8 Å². The van der Waals surface area contributed by atoms with E-state index in [9.17, 15) is 9.18 Å². The highest BCUT2D eigenvalue weighted by Crippen LogP contribution is 2.08. The van der Waals surface area contributed by atoms with Crippen LogP contribution in [0, 0.1) is 12.7 Å². The van der Waals surface area contributed by atoms with E-state index in [0.29, 0.717) is 12.0 Å². The second kappa shape index (κ2) is 4.26. The van der Waals surface area contributed by atoms with Gasteiger partial charge in [-0.1, -0.05) is 12.1 Å². The van der Waals surface area contributed by atoms with Gasteiger partial charge in [-0.15, -0.1) is 0 Å². The Morgan fingerprint density at radius 2 is 2.19 bits per heavy atom. The molecule has 0 radical (unpaired) electrons. The summed E-state index contributed by atoms with van der Waals surface area (Å²) in [6.07, 6.45) is 0.413. The van der Waals surface area contributed by atoms with Gasteiger partial charge >= 0.3 is 0 Å². The van der Waals surface area contributed by atoms with E-state index < -0.39 is 0 Å². The Morgan fingerprint density at radius 3 is 2.94 bits per heavy atom. The number of hydrogen-bond acceptors (Lipinski definition) is 2. The molecule has 0 aliphatic rings. The van der Waals surface area contributed by atoms with E-state index in [4.69, 9.17) is 0 Å². The monoisotopic (exact) mass is 218 g/mol. The van der Waals surface area contributed by atoms with Gasteiger partial charge in [0, 0.05) is 12.0 Å². The van der Waals surface area contributed by atoms with Crippen LogP contribution < -0.4 is 5.56 Å². The number of aromatic nitrogens is 2. The molecule has 4 heteroatoms. The molecule has 0 unspecified atom stereocenters. The third-order valence-corrected chi connectivity index (χ3v) is 2.29. The third-order valence-electron chi connectivity index (χ3n) is 2.29. The molecule has 0 amide bonds. The molecule has 3 nitrogen and oxygen atoms in total. The summed E-state index contributed by atoms with van der Waals surface area (Å²) < 4.78 is 13.0. The van der Waals surface area contributed by atoms with Crippen molar-refractivity contribution in [1.29, 1.82) is 0 Å². The molecule has 1 heterocycles. The summed E-state index contributed by atoms with van der Waals surface area (Å²) in [6.45, 7) is 1.80. The van der Waals surface area contributed by atoms with Crippen LogP contribution in [0.15, 0.2) is 35.1 Å². The zero-order chi connectivity index (χ0) is 11.5. The lowest BCUT2D eigenvalue weighted by Gasteiger charge is -2.01. The molecule has 0 fully saturated rings. The fourth-order valence-corrected chi connectivity index (χ4v) is 1.56. The molecule has 16 heavy (non-hydrogen) atoms. The highest BCUT2D eigenvalue weighted by Gasteiger charge is 2.03. The van der Waals surface area contributed by atoms with Gasteiger partial charge in [0.2, 0.25) is 0 Å². The van der Waals surface area contributed by atoms with Crippen LogP contribution in [0.5, 0.6) is 0 Å². The van der Waals surface area contributed by atoms with Crippen molar-refractivity contribution in [2.75, 3.05) is 0 Å². The van der Waals surface area contributed by atoms with Gasteiger partial charge in [0.25, 0.3) is 5.56 Å². The van der Waals surface area contributed by atoms with Crippen LogP contribution in [0.25, 0.3) is 0 Å². The van der Waals surface area contributed by atoms with Gasteiger partial charge in [0.1, 0.15) is 5.82 Å². The summed E-state index contributed by atoms with van der Waals surface area (Å²) in [5, 5.41) is 6.19. The minimum atomic E-state index is -0.292. The first-order valence-corrected chi connectivity index (χ1v) is 4.95. The molecule has 1 N–H and O–H groups in total. The van der Waals surface area contributed by atoms with E-state index in [-0.39, 0.29) is 11.4 Å². The maximum absolute atomic E-state index is 13.0. The number of benzene rings is 1. The van der Waals surface area contributed by atoms with Gasteiger partial charge < -0.3 is 0 Å². The summed E-state index contributed by atoms with van der Waals surface area (Å²) in [6, 6.07) is 7.94. The number of aromatic amines is 1. The fourth-order valence-electron chi connectivity index (χ4n) is 1.56. The van der Waals surface area contributed by atoms with E-state index in [0.717, 1.165) is 11.3 Å². The van der Waals surface area contributed by atoms with Crippen LogP contribution in [-0.2, 0) is 6.42 Å². The molecule has 0 saturated heterocycles. The van der Waals surface area contributed by atoms with E-state index in [1.165, 1.54) is 12.1 Å². The molecule has 0 bridgehead atoms. The predicted molar refractivity (Wildman–Crippen MR) is 58.8 cm³/mol. The molecule has 0 aliphatic heterocycles. The number of nitrogens with one attached hydrogen (secondary N) is 1. The predicted octanol–water partition coefficient (Wildman–Crippen LogP) is 1.81. The summed E-state index contributed by atoms with van der Waals surface area (Å²) >= 11 is 0. The van der Waals surface area contributed by atoms with Crippen LogP contribution in [0.4, 0.5) is 4.39 Å². The van der Waals surface area contributed by atoms with E-state index in [1.807, 2.05) is 0 Å². The molecular formula is C12H11FN2O. The van der Waals surface area contributed by atoms with Crippen molar-refractivity contribution in [3.05, 3.63) is 63.3 Å². The maximum atomic E-state index is 13.0. The normalized spacial score (nSPS) is 10.4. The van der Waals surface area contributed by atoms with Gasteiger partial charge in [-0.25, -0.2) is 9.49 Å². The first-order valence-electron chi connectivity index (χ1n) is 4.95. The van der Waals surface area contributed by atoms with Crippen molar-refractivity contribution in [1.82, 2.24) is 10.2 Å². The highest BCUT2D eigenvalue weighted by atomic mass is 19.1. The molecule has 0 spiro atoms.